The van der Waals surface area contributed by atoms with Crippen LogP contribution in [0.25, 0.3) is 11.0 Å². The summed E-state index contributed by atoms with van der Waals surface area (Å²) in [5.74, 6) is -4.56. The van der Waals surface area contributed by atoms with Gasteiger partial charge in [0.2, 0.25) is 5.91 Å². The number of nitrogens with one attached hydrogen (secondary N) is 1. The Labute approximate surface area is 254 Å². The number of carbonyl (C=O) groups is 4. The van der Waals surface area contributed by atoms with Crippen molar-refractivity contribution in [2.45, 2.75) is 76.2 Å². The number of para-hydroxylation sites is 2. The summed E-state index contributed by atoms with van der Waals surface area (Å²) in [7, 11) is 0. The summed E-state index contributed by atoms with van der Waals surface area (Å²) in [6.45, 7) is 3.22. The highest BCUT2D eigenvalue weighted by Gasteiger charge is 2.32. The molecule has 7 N–H and O–H groups in total. The van der Waals surface area contributed by atoms with Gasteiger partial charge in [-0.15, -0.1) is 0 Å². The van der Waals surface area contributed by atoms with Crippen LogP contribution in [0, 0.1) is 11.7 Å². The molecule has 0 aliphatic rings. The number of aliphatic hydroxyl groups is 1. The minimum atomic E-state index is -1.29. The number of rotatable bonds is 16. The standard InChI is InChI=1S/C31H38FN5O7/c1-31(2,44-30(43)21(33)10-11-27(39)40)13-12-19(28(34)41)16-26(38)24(15-18-6-5-7-20(32)14-18)37-29(42)25-17-35-22-8-3-4-9-23(22)36-25/h3-9,14,17,19,21,24,26,38H,10-13,15-16,33H2,1-2H3,(H2,34,41)(H,37,42)(H,39,40)/t19-,21+,24+,26+/m1/s1. The van der Waals surface area contributed by atoms with E-state index < -0.39 is 59.3 Å². The van der Waals surface area contributed by atoms with Gasteiger partial charge in [-0.25, -0.2) is 9.37 Å². The van der Waals surface area contributed by atoms with Gasteiger partial charge in [-0.05, 0) is 75.8 Å². The molecule has 0 saturated carbocycles. The minimum absolute atomic E-state index is 0.0109. The number of hydrogen-bond acceptors (Lipinski definition) is 9. The van der Waals surface area contributed by atoms with Crippen LogP contribution in [-0.2, 0) is 25.5 Å². The monoisotopic (exact) mass is 611 g/mol. The molecule has 0 saturated heterocycles. The zero-order valence-corrected chi connectivity index (χ0v) is 24.6. The first-order chi connectivity index (χ1) is 20.7. The van der Waals surface area contributed by atoms with Gasteiger partial charge in [0, 0.05) is 12.3 Å². The van der Waals surface area contributed by atoms with E-state index in [4.69, 9.17) is 21.3 Å². The molecule has 1 aromatic heterocycles. The van der Waals surface area contributed by atoms with Crippen LogP contribution in [0.4, 0.5) is 4.39 Å². The highest BCUT2D eigenvalue weighted by molar-refractivity contribution is 5.94. The van der Waals surface area contributed by atoms with Crippen molar-refractivity contribution >= 4 is 34.8 Å². The highest BCUT2D eigenvalue weighted by atomic mass is 19.1. The van der Waals surface area contributed by atoms with E-state index in [0.29, 0.717) is 16.6 Å². The van der Waals surface area contributed by atoms with E-state index in [9.17, 15) is 28.7 Å². The Balaban J connectivity index is 1.72. The van der Waals surface area contributed by atoms with Crippen molar-refractivity contribution < 1.29 is 38.5 Å². The highest BCUT2D eigenvalue weighted by Crippen LogP contribution is 2.25. The van der Waals surface area contributed by atoms with Gasteiger partial charge >= 0.3 is 11.9 Å². The number of aliphatic carboxylic acids is 1. The van der Waals surface area contributed by atoms with Crippen LogP contribution in [0.1, 0.15) is 62.0 Å². The molecule has 0 bridgehead atoms. The number of halogens is 1. The van der Waals surface area contributed by atoms with E-state index in [-0.39, 0.29) is 44.2 Å². The predicted octanol–water partition coefficient (Wildman–Crippen LogP) is 2.26. The molecule has 0 aliphatic carbocycles. The molecule has 4 atom stereocenters. The van der Waals surface area contributed by atoms with Crippen molar-refractivity contribution in [3.63, 3.8) is 0 Å². The lowest BCUT2D eigenvalue weighted by atomic mass is 9.87. The van der Waals surface area contributed by atoms with Crippen molar-refractivity contribution in [3.05, 3.63) is 71.8 Å². The maximum absolute atomic E-state index is 13.9. The Morgan fingerprint density at radius 2 is 1.77 bits per heavy atom. The number of primary amides is 1. The summed E-state index contributed by atoms with van der Waals surface area (Å²) in [5.41, 5.74) is 11.9. The number of ether oxygens (including phenoxy) is 1. The third-order valence-corrected chi connectivity index (χ3v) is 7.18. The average molecular weight is 612 g/mol. The van der Waals surface area contributed by atoms with Gasteiger partial charge in [-0.1, -0.05) is 24.3 Å². The summed E-state index contributed by atoms with van der Waals surface area (Å²) in [5, 5.41) is 22.8. The first kappa shape index (κ1) is 34.0. The first-order valence-corrected chi connectivity index (χ1v) is 14.2. The molecule has 44 heavy (non-hydrogen) atoms. The van der Waals surface area contributed by atoms with E-state index >= 15 is 0 Å². The normalized spacial score (nSPS) is 14.3. The molecule has 3 rings (SSSR count). The first-order valence-electron chi connectivity index (χ1n) is 14.2. The number of hydrogen-bond donors (Lipinski definition) is 5. The average Bonchev–Trinajstić information content (AvgIpc) is 2.96. The zero-order chi connectivity index (χ0) is 32.4. The van der Waals surface area contributed by atoms with Gasteiger partial charge in [0.1, 0.15) is 23.2 Å². The fraction of sp³-hybridized carbons (Fsp3) is 0.419. The number of amides is 2. The fourth-order valence-corrected chi connectivity index (χ4v) is 4.66. The van der Waals surface area contributed by atoms with Crippen molar-refractivity contribution in [1.82, 2.24) is 15.3 Å². The number of carbonyl (C=O) groups excluding carboxylic acids is 3. The summed E-state index contributed by atoms with van der Waals surface area (Å²) in [4.78, 5) is 57.3. The Morgan fingerprint density at radius 3 is 2.43 bits per heavy atom. The lowest BCUT2D eigenvalue weighted by Crippen LogP contribution is -2.47. The number of carboxylic acids is 1. The lowest BCUT2D eigenvalue weighted by Gasteiger charge is -2.30. The summed E-state index contributed by atoms with van der Waals surface area (Å²) < 4.78 is 19.4. The number of carboxylic acid groups (broad SMARTS) is 1. The second-order valence-corrected chi connectivity index (χ2v) is 11.3. The van der Waals surface area contributed by atoms with E-state index in [1.165, 1.54) is 24.4 Å². The Bertz CT molecular complexity index is 1480. The third kappa shape index (κ3) is 10.3. The van der Waals surface area contributed by atoms with E-state index in [2.05, 4.69) is 15.3 Å². The van der Waals surface area contributed by atoms with Crippen LogP contribution in [0.2, 0.25) is 0 Å². The van der Waals surface area contributed by atoms with Crippen molar-refractivity contribution in [2.75, 3.05) is 0 Å². The number of fused-ring (bicyclic) bond motifs is 1. The van der Waals surface area contributed by atoms with Crippen LogP contribution in [0.15, 0.2) is 54.7 Å². The van der Waals surface area contributed by atoms with Gasteiger partial charge in [0.25, 0.3) is 5.91 Å². The molecule has 0 aliphatic heterocycles. The number of nitrogens with zero attached hydrogens (tertiary/aromatic N) is 2. The second kappa shape index (κ2) is 15.3. The lowest BCUT2D eigenvalue weighted by molar-refractivity contribution is -0.159. The number of aromatic nitrogens is 2. The van der Waals surface area contributed by atoms with E-state index in [1.54, 1.807) is 44.2 Å². The molecular formula is C31H38FN5O7. The molecule has 0 fully saturated rings. The van der Waals surface area contributed by atoms with Crippen LogP contribution in [0.5, 0.6) is 0 Å². The van der Waals surface area contributed by atoms with Gasteiger partial charge in [0.15, 0.2) is 0 Å². The Morgan fingerprint density at radius 1 is 1.07 bits per heavy atom. The molecule has 236 valence electrons. The molecule has 3 aromatic rings. The van der Waals surface area contributed by atoms with Gasteiger partial charge in [0.05, 0.1) is 29.4 Å². The minimum Gasteiger partial charge on any atom is -0.481 e. The fourth-order valence-electron chi connectivity index (χ4n) is 4.66. The number of nitrogens with two attached hydrogens (primary N) is 2. The van der Waals surface area contributed by atoms with Crippen LogP contribution < -0.4 is 16.8 Å². The third-order valence-electron chi connectivity index (χ3n) is 7.18. The molecule has 0 radical (unpaired) electrons. The van der Waals surface area contributed by atoms with Crippen molar-refractivity contribution in [2.24, 2.45) is 17.4 Å². The van der Waals surface area contributed by atoms with Crippen molar-refractivity contribution in [3.8, 4) is 0 Å². The Hall–Kier alpha value is -4.49. The maximum Gasteiger partial charge on any atom is 0.323 e. The molecule has 12 nitrogen and oxygen atoms in total. The molecule has 0 unspecified atom stereocenters. The van der Waals surface area contributed by atoms with E-state index in [0.717, 1.165) is 0 Å². The van der Waals surface area contributed by atoms with Gasteiger partial charge in [-0.3, -0.25) is 24.2 Å². The zero-order valence-electron chi connectivity index (χ0n) is 24.6. The summed E-state index contributed by atoms with van der Waals surface area (Å²) in [6.07, 6.45) is -0.195. The van der Waals surface area contributed by atoms with Gasteiger partial charge in [-0.2, -0.15) is 0 Å². The Kier molecular flexibility index (Phi) is 11.8. The summed E-state index contributed by atoms with van der Waals surface area (Å²) >= 11 is 0. The number of aliphatic hydroxyl groups excluding tert-OH is 1. The van der Waals surface area contributed by atoms with Crippen LogP contribution in [-0.4, -0.2) is 67.7 Å². The molecule has 13 heteroatoms. The smallest absolute Gasteiger partial charge is 0.323 e. The number of esters is 1. The quantitative estimate of drug-likeness (QED) is 0.149. The summed E-state index contributed by atoms with van der Waals surface area (Å²) in [6, 6.07) is 10.6. The SMILES string of the molecule is CC(C)(CC[C@H](C[C@H](O)[C@H](Cc1cccc(F)c1)NC(=O)c1cnc2ccccc2n1)C(N)=O)OC(=O)[C@@H](N)CCC(=O)O. The van der Waals surface area contributed by atoms with Crippen LogP contribution in [0.3, 0.4) is 0 Å². The molecular weight excluding hydrogens is 573 g/mol. The molecule has 2 aromatic carbocycles. The topological polar surface area (TPSA) is 208 Å². The molecule has 1 heterocycles. The maximum atomic E-state index is 13.9. The van der Waals surface area contributed by atoms with Crippen molar-refractivity contribution in [1.29, 1.82) is 0 Å². The largest absolute Gasteiger partial charge is 0.481 e. The second-order valence-electron chi connectivity index (χ2n) is 11.3. The van der Waals surface area contributed by atoms with E-state index in [1.807, 2.05) is 0 Å². The predicted molar refractivity (Wildman–Crippen MR) is 158 cm³/mol. The number of benzene rings is 2. The molecule has 2 amide bonds. The van der Waals surface area contributed by atoms with Crippen LogP contribution >= 0.6 is 0 Å². The van der Waals surface area contributed by atoms with Gasteiger partial charge < -0.3 is 31.7 Å². The molecule has 0 spiro atoms.